The molecule has 0 heterocycles. The van der Waals surface area contributed by atoms with E-state index in [9.17, 15) is 18.3 Å². The molecule has 20 heavy (non-hydrogen) atoms. The monoisotopic (exact) mass is 292 g/mol. The number of hydrogen-bond donors (Lipinski definition) is 3. The van der Waals surface area contributed by atoms with Gasteiger partial charge < -0.3 is 20.9 Å². The molecule has 0 saturated carbocycles. The Bertz CT molecular complexity index is 448. The third-order valence-corrected chi connectivity index (χ3v) is 2.85. The molecule has 1 atom stereocenters. The number of halogens is 3. The molecule has 0 aliphatic heterocycles. The maximum atomic E-state index is 12.9. The summed E-state index contributed by atoms with van der Waals surface area (Å²) in [6, 6.07) is 3.50. The van der Waals surface area contributed by atoms with Crippen LogP contribution in [0.5, 0.6) is 0 Å². The molecule has 1 aromatic rings. The van der Waals surface area contributed by atoms with Gasteiger partial charge in [0.05, 0.1) is 11.2 Å². The minimum atomic E-state index is -4.50. The summed E-state index contributed by atoms with van der Waals surface area (Å²) in [6.45, 7) is 1.83. The Morgan fingerprint density at radius 2 is 2.00 bits per heavy atom. The van der Waals surface area contributed by atoms with E-state index < -0.39 is 17.3 Å². The number of nitrogens with two attached hydrogens (primary N) is 1. The second-order valence-electron chi connectivity index (χ2n) is 4.90. The first-order valence-electron chi connectivity index (χ1n) is 6.07. The highest BCUT2D eigenvalue weighted by Crippen LogP contribution is 2.36. The molecule has 0 radical (unpaired) electrons. The largest absolute Gasteiger partial charge is 0.418 e. The summed E-state index contributed by atoms with van der Waals surface area (Å²) < 4.78 is 43.5. The van der Waals surface area contributed by atoms with Crippen LogP contribution in [0, 0.1) is 0 Å². The average molecular weight is 292 g/mol. The van der Waals surface area contributed by atoms with Gasteiger partial charge in [0.15, 0.2) is 0 Å². The van der Waals surface area contributed by atoms with Gasteiger partial charge in [-0.3, -0.25) is 0 Å². The van der Waals surface area contributed by atoms with Gasteiger partial charge in [-0.2, -0.15) is 13.2 Å². The summed E-state index contributed by atoms with van der Waals surface area (Å²) in [5, 5.41) is 12.6. The van der Waals surface area contributed by atoms with Gasteiger partial charge in [0.25, 0.3) is 0 Å². The molecule has 0 aromatic heterocycles. The Labute approximate surface area is 115 Å². The lowest BCUT2D eigenvalue weighted by molar-refractivity contribution is -0.137. The number of aliphatic hydroxyl groups is 1. The molecule has 0 aliphatic rings. The first kappa shape index (κ1) is 16.6. The van der Waals surface area contributed by atoms with Gasteiger partial charge in [0.2, 0.25) is 0 Å². The predicted molar refractivity (Wildman–Crippen MR) is 71.5 cm³/mol. The van der Waals surface area contributed by atoms with Crippen LogP contribution in [0.3, 0.4) is 0 Å². The average Bonchev–Trinajstić information content (AvgIpc) is 2.34. The fraction of sp³-hybridized carbons (Fsp3) is 0.538. The van der Waals surface area contributed by atoms with Crippen LogP contribution in [0.25, 0.3) is 0 Å². The van der Waals surface area contributed by atoms with E-state index >= 15 is 0 Å². The molecule has 1 aromatic carbocycles. The molecule has 0 bridgehead atoms. The van der Waals surface area contributed by atoms with Gasteiger partial charge in [-0.1, -0.05) is 0 Å². The number of nitrogens with one attached hydrogen (secondary N) is 1. The number of hydrogen-bond acceptors (Lipinski definition) is 4. The van der Waals surface area contributed by atoms with Crippen LogP contribution < -0.4 is 11.1 Å². The van der Waals surface area contributed by atoms with E-state index in [-0.39, 0.29) is 17.9 Å². The molecule has 0 aliphatic carbocycles. The second kappa shape index (κ2) is 6.32. The molecule has 4 nitrogen and oxygen atoms in total. The topological polar surface area (TPSA) is 67.5 Å². The normalized spacial score (nSPS) is 14.9. The smallest absolute Gasteiger partial charge is 0.399 e. The molecule has 0 fully saturated rings. The molecule has 0 saturated heterocycles. The Morgan fingerprint density at radius 1 is 1.35 bits per heavy atom. The van der Waals surface area contributed by atoms with E-state index in [0.29, 0.717) is 13.0 Å². The zero-order chi connectivity index (χ0) is 15.4. The van der Waals surface area contributed by atoms with Crippen LogP contribution in [-0.4, -0.2) is 31.0 Å². The minimum Gasteiger partial charge on any atom is -0.399 e. The van der Waals surface area contributed by atoms with Gasteiger partial charge in [0.1, 0.15) is 0 Å². The van der Waals surface area contributed by atoms with Gasteiger partial charge in [-0.15, -0.1) is 0 Å². The first-order chi connectivity index (χ1) is 9.15. The molecule has 1 rings (SSSR count). The summed E-state index contributed by atoms with van der Waals surface area (Å²) in [5.41, 5.74) is 3.29. The van der Waals surface area contributed by atoms with Crippen molar-refractivity contribution in [2.24, 2.45) is 0 Å². The van der Waals surface area contributed by atoms with E-state index in [1.807, 2.05) is 0 Å². The fourth-order valence-corrected chi connectivity index (χ4v) is 1.65. The lowest BCUT2D eigenvalue weighted by Crippen LogP contribution is -2.35. The molecule has 1 unspecified atom stereocenters. The number of ether oxygens (including phenoxy) is 1. The standard InChI is InChI=1S/C13H19F3N2O2/c1-12(19,5-6-20-2)8-18-11-4-3-9(17)7-10(11)13(14,15)16/h3-4,7,18-19H,5-6,8,17H2,1-2H3. The Hall–Kier alpha value is -1.47. The second-order valence-corrected chi connectivity index (χ2v) is 4.90. The van der Waals surface area contributed by atoms with Crippen LogP contribution in [0.2, 0.25) is 0 Å². The Balaban J connectivity index is 2.83. The molecular formula is C13H19F3N2O2. The summed E-state index contributed by atoms with van der Waals surface area (Å²) in [5.74, 6) is 0. The van der Waals surface area contributed by atoms with Crippen LogP contribution in [0.15, 0.2) is 18.2 Å². The van der Waals surface area contributed by atoms with Crippen molar-refractivity contribution in [3.05, 3.63) is 23.8 Å². The third kappa shape index (κ3) is 4.90. The third-order valence-electron chi connectivity index (χ3n) is 2.85. The molecule has 4 N–H and O–H groups in total. The summed E-state index contributed by atoms with van der Waals surface area (Å²) in [7, 11) is 1.49. The van der Waals surface area contributed by atoms with Crippen molar-refractivity contribution >= 4 is 11.4 Å². The van der Waals surface area contributed by atoms with Crippen molar-refractivity contribution < 1.29 is 23.0 Å². The van der Waals surface area contributed by atoms with E-state index in [0.717, 1.165) is 6.07 Å². The lowest BCUT2D eigenvalue weighted by Gasteiger charge is -2.25. The Morgan fingerprint density at radius 3 is 2.55 bits per heavy atom. The molecule has 114 valence electrons. The number of nitrogen functional groups attached to an aromatic ring is 1. The van der Waals surface area contributed by atoms with Crippen LogP contribution in [-0.2, 0) is 10.9 Å². The highest BCUT2D eigenvalue weighted by molar-refractivity contribution is 5.59. The van der Waals surface area contributed by atoms with Crippen LogP contribution in [0.4, 0.5) is 24.5 Å². The number of rotatable bonds is 6. The van der Waals surface area contributed by atoms with Crippen molar-refractivity contribution in [1.82, 2.24) is 0 Å². The van der Waals surface area contributed by atoms with Crippen molar-refractivity contribution in [2.45, 2.75) is 25.1 Å². The van der Waals surface area contributed by atoms with E-state index in [2.05, 4.69) is 5.32 Å². The maximum absolute atomic E-state index is 12.9. The van der Waals surface area contributed by atoms with Gasteiger partial charge in [-0.05, 0) is 25.1 Å². The summed E-state index contributed by atoms with van der Waals surface area (Å²) in [6.07, 6.45) is -4.19. The number of anilines is 2. The Kier molecular flexibility index (Phi) is 5.24. The van der Waals surface area contributed by atoms with E-state index in [1.54, 1.807) is 0 Å². The maximum Gasteiger partial charge on any atom is 0.418 e. The molecule has 0 amide bonds. The van der Waals surface area contributed by atoms with Crippen molar-refractivity contribution in [2.75, 3.05) is 31.3 Å². The van der Waals surface area contributed by atoms with Crippen LogP contribution in [0.1, 0.15) is 18.9 Å². The minimum absolute atomic E-state index is 0.0244. The van der Waals surface area contributed by atoms with Crippen LogP contribution >= 0.6 is 0 Å². The summed E-state index contributed by atoms with van der Waals surface area (Å²) >= 11 is 0. The molecular weight excluding hydrogens is 273 g/mol. The zero-order valence-corrected chi connectivity index (χ0v) is 11.4. The van der Waals surface area contributed by atoms with E-state index in [4.69, 9.17) is 10.5 Å². The van der Waals surface area contributed by atoms with Gasteiger partial charge >= 0.3 is 6.18 Å². The van der Waals surface area contributed by atoms with Crippen molar-refractivity contribution in [1.29, 1.82) is 0 Å². The quantitative estimate of drug-likeness (QED) is 0.705. The van der Waals surface area contributed by atoms with Gasteiger partial charge in [-0.25, -0.2) is 0 Å². The van der Waals surface area contributed by atoms with Crippen molar-refractivity contribution in [3.8, 4) is 0 Å². The summed E-state index contributed by atoms with van der Waals surface area (Å²) in [4.78, 5) is 0. The lowest BCUT2D eigenvalue weighted by atomic mass is 10.0. The van der Waals surface area contributed by atoms with Gasteiger partial charge in [0, 0.05) is 38.1 Å². The zero-order valence-electron chi connectivity index (χ0n) is 11.4. The first-order valence-corrected chi connectivity index (χ1v) is 6.07. The number of benzene rings is 1. The van der Waals surface area contributed by atoms with E-state index in [1.165, 1.54) is 26.2 Å². The highest BCUT2D eigenvalue weighted by atomic mass is 19.4. The molecule has 0 spiro atoms. The fourth-order valence-electron chi connectivity index (χ4n) is 1.65. The molecule has 7 heteroatoms. The highest BCUT2D eigenvalue weighted by Gasteiger charge is 2.34. The SMILES string of the molecule is COCCC(C)(O)CNc1ccc(N)cc1C(F)(F)F. The van der Waals surface area contributed by atoms with Crippen molar-refractivity contribution in [3.63, 3.8) is 0 Å². The predicted octanol–water partition coefficient (Wildman–Crippen LogP) is 2.49. The number of alkyl halides is 3. The number of methoxy groups -OCH3 is 1.